The molecule has 0 aromatic heterocycles. The van der Waals surface area contributed by atoms with Crippen molar-refractivity contribution in [3.63, 3.8) is 0 Å². The van der Waals surface area contributed by atoms with Gasteiger partial charge in [-0.2, -0.15) is 0 Å². The molecule has 0 atom stereocenters. The van der Waals surface area contributed by atoms with Gasteiger partial charge in [-0.15, -0.1) is 0 Å². The summed E-state index contributed by atoms with van der Waals surface area (Å²) in [6, 6.07) is 10.5. The molecule has 0 bridgehead atoms. The van der Waals surface area contributed by atoms with Crippen molar-refractivity contribution in [2.75, 3.05) is 13.1 Å². The number of nitrogens with zero attached hydrogens (tertiary/aromatic N) is 1. The van der Waals surface area contributed by atoms with Gasteiger partial charge in [-0.05, 0) is 30.2 Å². The van der Waals surface area contributed by atoms with Gasteiger partial charge >= 0.3 is 0 Å². The first kappa shape index (κ1) is 21.5. The number of hydrogen-bond donors (Lipinski definition) is 0. The van der Waals surface area contributed by atoms with Crippen molar-refractivity contribution in [3.05, 3.63) is 41.5 Å². The third-order valence-corrected chi connectivity index (χ3v) is 4.19. The van der Waals surface area contributed by atoms with E-state index in [2.05, 4.69) is 69.9 Å². The molecule has 0 saturated carbocycles. The van der Waals surface area contributed by atoms with Crippen LogP contribution >= 0.6 is 0 Å². The van der Waals surface area contributed by atoms with E-state index in [1.54, 1.807) is 0 Å². The molecule has 1 rings (SSSR count). The summed E-state index contributed by atoms with van der Waals surface area (Å²) in [5.41, 5.74) is 2.60. The van der Waals surface area contributed by atoms with Crippen LogP contribution in [0.2, 0.25) is 0 Å². The minimum absolute atomic E-state index is 0.290. The van der Waals surface area contributed by atoms with E-state index >= 15 is 0 Å². The first-order valence-corrected chi connectivity index (χ1v) is 9.94. The monoisotopic (exact) mass is 343 g/mol. The molecular weight excluding hydrogens is 306 g/mol. The predicted octanol–water partition coefficient (Wildman–Crippen LogP) is 6.18. The lowest BCUT2D eigenvalue weighted by atomic mass is 10.0. The summed E-state index contributed by atoms with van der Waals surface area (Å²) in [5.74, 6) is 1.19. The predicted molar refractivity (Wildman–Crippen MR) is 109 cm³/mol. The molecule has 0 aliphatic rings. The second-order valence-electron chi connectivity index (χ2n) is 7.94. The van der Waals surface area contributed by atoms with Gasteiger partial charge in [0, 0.05) is 19.5 Å². The maximum absolute atomic E-state index is 12.7. The minimum Gasteiger partial charge on any atom is -0.338 e. The first-order chi connectivity index (χ1) is 11.9. The van der Waals surface area contributed by atoms with E-state index in [1.165, 1.54) is 30.4 Å². The lowest BCUT2D eigenvalue weighted by Gasteiger charge is -2.27. The van der Waals surface area contributed by atoms with Gasteiger partial charge in [0.15, 0.2) is 0 Å². The van der Waals surface area contributed by atoms with Crippen molar-refractivity contribution < 1.29 is 4.79 Å². The maximum atomic E-state index is 12.7. The highest BCUT2D eigenvalue weighted by atomic mass is 16.2. The Morgan fingerprint density at radius 3 is 2.28 bits per heavy atom. The molecule has 0 heterocycles. The molecule has 0 N–H and O–H groups in total. The van der Waals surface area contributed by atoms with Crippen LogP contribution in [0.5, 0.6) is 0 Å². The number of amides is 1. The van der Waals surface area contributed by atoms with E-state index in [4.69, 9.17) is 0 Å². The molecule has 0 saturated heterocycles. The molecule has 0 aliphatic carbocycles. The van der Waals surface area contributed by atoms with Crippen LogP contribution in [0.4, 0.5) is 0 Å². The quantitative estimate of drug-likeness (QED) is 0.439. The Morgan fingerprint density at radius 1 is 1.04 bits per heavy atom. The van der Waals surface area contributed by atoms with Crippen molar-refractivity contribution in [1.29, 1.82) is 0 Å². The summed E-state index contributed by atoms with van der Waals surface area (Å²) >= 11 is 0. The van der Waals surface area contributed by atoms with Gasteiger partial charge in [0.05, 0.1) is 0 Å². The van der Waals surface area contributed by atoms with E-state index in [0.29, 0.717) is 18.3 Å². The smallest absolute Gasteiger partial charge is 0.223 e. The van der Waals surface area contributed by atoms with Gasteiger partial charge in [0.2, 0.25) is 5.91 Å². The third-order valence-electron chi connectivity index (χ3n) is 4.19. The molecule has 1 aromatic rings. The van der Waals surface area contributed by atoms with Gasteiger partial charge in [0.1, 0.15) is 0 Å². The van der Waals surface area contributed by atoms with Gasteiger partial charge < -0.3 is 4.90 Å². The summed E-state index contributed by atoms with van der Waals surface area (Å²) < 4.78 is 0. The van der Waals surface area contributed by atoms with Crippen molar-refractivity contribution in [2.24, 2.45) is 11.8 Å². The molecule has 0 fully saturated rings. The van der Waals surface area contributed by atoms with Crippen LogP contribution < -0.4 is 0 Å². The summed E-state index contributed by atoms with van der Waals surface area (Å²) in [7, 11) is 0. The standard InChI is InChI=1S/C23H37NO/c1-6-7-9-14-22(16-21-12-10-8-11-13-21)18-24(17-20(4)5)23(25)15-19(2)3/h8,10-13,16,19-20H,6-7,9,14-15,17-18H2,1-5H3. The van der Waals surface area contributed by atoms with E-state index in [-0.39, 0.29) is 5.91 Å². The number of benzene rings is 1. The Balaban J connectivity index is 2.92. The molecule has 2 heteroatoms. The van der Waals surface area contributed by atoms with Gasteiger partial charge in [-0.3, -0.25) is 4.79 Å². The zero-order valence-electron chi connectivity index (χ0n) is 16.9. The molecule has 1 aromatic carbocycles. The molecule has 0 radical (unpaired) electrons. The fourth-order valence-electron chi connectivity index (χ4n) is 3.00. The zero-order valence-corrected chi connectivity index (χ0v) is 16.9. The van der Waals surface area contributed by atoms with E-state index < -0.39 is 0 Å². The summed E-state index contributed by atoms with van der Waals surface area (Å²) in [5, 5.41) is 0. The Kier molecular flexibility index (Phi) is 10.2. The molecular formula is C23H37NO. The van der Waals surface area contributed by atoms with Crippen molar-refractivity contribution in [2.45, 2.75) is 66.7 Å². The SMILES string of the molecule is CCCCCC(=Cc1ccccc1)CN(CC(C)C)C(=O)CC(C)C. The Bertz CT molecular complexity index is 516. The number of hydrogen-bond acceptors (Lipinski definition) is 1. The fraction of sp³-hybridized carbons (Fsp3) is 0.609. The fourth-order valence-corrected chi connectivity index (χ4v) is 3.00. The van der Waals surface area contributed by atoms with Crippen LogP contribution in [0, 0.1) is 11.8 Å². The summed E-state index contributed by atoms with van der Waals surface area (Å²) in [4.78, 5) is 14.8. The zero-order chi connectivity index (χ0) is 18.7. The second kappa shape index (κ2) is 11.9. The molecule has 0 unspecified atom stereocenters. The first-order valence-electron chi connectivity index (χ1n) is 9.94. The normalized spacial score (nSPS) is 12.0. The molecule has 0 spiro atoms. The molecule has 2 nitrogen and oxygen atoms in total. The second-order valence-corrected chi connectivity index (χ2v) is 7.94. The van der Waals surface area contributed by atoms with E-state index in [0.717, 1.165) is 19.5 Å². The van der Waals surface area contributed by atoms with Gasteiger partial charge in [0.25, 0.3) is 0 Å². The molecule has 1 amide bonds. The molecule has 140 valence electrons. The Hall–Kier alpha value is -1.57. The van der Waals surface area contributed by atoms with Crippen molar-refractivity contribution in [3.8, 4) is 0 Å². The van der Waals surface area contributed by atoms with Crippen LogP contribution in [0.3, 0.4) is 0 Å². The largest absolute Gasteiger partial charge is 0.338 e. The maximum Gasteiger partial charge on any atom is 0.223 e. The summed E-state index contributed by atoms with van der Waals surface area (Å²) in [6.45, 7) is 12.5. The Labute approximate surface area is 155 Å². The van der Waals surface area contributed by atoms with E-state index in [1.807, 2.05) is 6.07 Å². The number of carbonyl (C=O) groups is 1. The van der Waals surface area contributed by atoms with Crippen LogP contribution in [-0.4, -0.2) is 23.9 Å². The lowest BCUT2D eigenvalue weighted by Crippen LogP contribution is -2.36. The number of rotatable bonds is 11. The van der Waals surface area contributed by atoms with Crippen LogP contribution in [0.1, 0.15) is 72.3 Å². The van der Waals surface area contributed by atoms with Gasteiger partial charge in [-0.1, -0.05) is 89.4 Å². The lowest BCUT2D eigenvalue weighted by molar-refractivity contribution is -0.132. The average molecular weight is 344 g/mol. The Morgan fingerprint density at radius 2 is 1.72 bits per heavy atom. The van der Waals surface area contributed by atoms with Crippen LogP contribution in [0.25, 0.3) is 6.08 Å². The number of unbranched alkanes of at least 4 members (excludes halogenated alkanes) is 2. The summed E-state index contributed by atoms with van der Waals surface area (Å²) in [6.07, 6.45) is 7.66. The molecule has 0 aliphatic heterocycles. The van der Waals surface area contributed by atoms with Crippen molar-refractivity contribution in [1.82, 2.24) is 4.90 Å². The van der Waals surface area contributed by atoms with E-state index in [9.17, 15) is 4.79 Å². The average Bonchev–Trinajstić information content (AvgIpc) is 2.54. The number of carbonyl (C=O) groups excluding carboxylic acids is 1. The van der Waals surface area contributed by atoms with Crippen LogP contribution in [-0.2, 0) is 4.79 Å². The van der Waals surface area contributed by atoms with Crippen molar-refractivity contribution >= 4 is 12.0 Å². The highest BCUT2D eigenvalue weighted by Crippen LogP contribution is 2.17. The minimum atomic E-state index is 0.290. The molecule has 25 heavy (non-hydrogen) atoms. The topological polar surface area (TPSA) is 20.3 Å². The highest BCUT2D eigenvalue weighted by molar-refractivity contribution is 5.77. The third kappa shape index (κ3) is 9.48. The van der Waals surface area contributed by atoms with Gasteiger partial charge in [-0.25, -0.2) is 0 Å². The highest BCUT2D eigenvalue weighted by Gasteiger charge is 2.17. The van der Waals surface area contributed by atoms with Crippen LogP contribution in [0.15, 0.2) is 35.9 Å².